The third-order valence-electron chi connectivity index (χ3n) is 5.01. The van der Waals surface area contributed by atoms with Crippen LogP contribution in [0.3, 0.4) is 0 Å². The number of aromatic amines is 1. The van der Waals surface area contributed by atoms with Crippen LogP contribution in [-0.4, -0.2) is 35.4 Å². The summed E-state index contributed by atoms with van der Waals surface area (Å²) >= 11 is 0. The van der Waals surface area contributed by atoms with Gasteiger partial charge in [-0.05, 0) is 53.3 Å². The molecule has 0 aliphatic carbocycles. The average Bonchev–Trinajstić information content (AvgIpc) is 3.45. The molecular formula is C24H27N7. The van der Waals surface area contributed by atoms with Gasteiger partial charge in [0.2, 0.25) is 5.82 Å². The van der Waals surface area contributed by atoms with E-state index < -0.39 is 0 Å². The van der Waals surface area contributed by atoms with Crippen LogP contribution in [-0.2, 0) is 19.4 Å². The molecular weight excluding hydrogens is 386 g/mol. The van der Waals surface area contributed by atoms with Gasteiger partial charge in [-0.1, -0.05) is 62.4 Å². The van der Waals surface area contributed by atoms with Crippen molar-refractivity contribution < 1.29 is 0 Å². The summed E-state index contributed by atoms with van der Waals surface area (Å²) in [5.74, 6) is 2.45. The zero-order valence-electron chi connectivity index (χ0n) is 18.0. The molecule has 0 aliphatic heterocycles. The maximum absolute atomic E-state index is 4.71. The minimum Gasteiger partial charge on any atom is -0.242 e. The zero-order chi connectivity index (χ0) is 21.5. The maximum atomic E-state index is 4.71. The van der Waals surface area contributed by atoms with Crippen LogP contribution in [0.15, 0.2) is 54.6 Å². The first-order chi connectivity index (χ1) is 15.2. The Kier molecular flexibility index (Phi) is 6.62. The van der Waals surface area contributed by atoms with Crippen molar-refractivity contribution in [3.8, 4) is 11.4 Å². The predicted molar refractivity (Wildman–Crippen MR) is 121 cm³/mol. The Labute approximate surface area is 182 Å². The number of allylic oxidation sites excluding steroid dienone is 1. The number of benzene rings is 2. The normalized spacial score (nSPS) is 11.4. The number of aryl methyl sites for hydroxylation is 1. The van der Waals surface area contributed by atoms with E-state index in [4.69, 9.17) is 5.10 Å². The van der Waals surface area contributed by atoms with Crippen molar-refractivity contribution in [3.63, 3.8) is 0 Å². The molecule has 0 aliphatic rings. The molecule has 2 aromatic heterocycles. The molecule has 0 unspecified atom stereocenters. The lowest BCUT2D eigenvalue weighted by atomic mass is 10.0. The number of hydrogen-bond donors (Lipinski definition) is 1. The molecule has 4 aromatic rings. The van der Waals surface area contributed by atoms with Crippen LogP contribution in [0.25, 0.3) is 17.5 Å². The summed E-state index contributed by atoms with van der Waals surface area (Å²) in [5.41, 5.74) is 4.64. The summed E-state index contributed by atoms with van der Waals surface area (Å²) in [6, 6.07) is 17.0. The smallest absolute Gasteiger partial charge is 0.204 e. The molecule has 0 amide bonds. The van der Waals surface area contributed by atoms with Crippen molar-refractivity contribution in [3.05, 3.63) is 82.9 Å². The average molecular weight is 414 g/mol. The summed E-state index contributed by atoms with van der Waals surface area (Å²) < 4.78 is 2.00. The molecule has 7 heteroatoms. The highest BCUT2D eigenvalue weighted by atomic mass is 15.5. The lowest BCUT2D eigenvalue weighted by Crippen LogP contribution is -2.05. The fraction of sp³-hybridized carbons (Fsp3) is 0.292. The van der Waals surface area contributed by atoms with E-state index in [2.05, 4.69) is 88.0 Å². The quantitative estimate of drug-likeness (QED) is 0.437. The number of hydrogen-bond acceptors (Lipinski definition) is 5. The summed E-state index contributed by atoms with van der Waals surface area (Å²) in [6.07, 6.45) is 7.98. The van der Waals surface area contributed by atoms with Gasteiger partial charge in [-0.2, -0.15) is 10.3 Å². The standard InChI is InChI=1S/C24H27N7/c1-3-5-10-23-25-22(7-4-2)28-31(23)17-19-13-11-18(12-14-19)15-20-8-6-9-21(16-20)24-26-29-30-27-24/h5-6,8-14,16H,3-4,7,15,17H2,1-2H3,(H,26,27,29,30). The van der Waals surface area contributed by atoms with Gasteiger partial charge in [-0.15, -0.1) is 10.2 Å². The van der Waals surface area contributed by atoms with Crippen molar-refractivity contribution in [2.75, 3.05) is 0 Å². The number of nitrogens with zero attached hydrogens (tertiary/aromatic N) is 6. The molecule has 0 spiro atoms. The fourth-order valence-corrected chi connectivity index (χ4v) is 3.47. The summed E-state index contributed by atoms with van der Waals surface area (Å²) in [5, 5.41) is 19.0. The number of rotatable bonds is 9. The van der Waals surface area contributed by atoms with Crippen LogP contribution in [0.5, 0.6) is 0 Å². The second-order valence-corrected chi connectivity index (χ2v) is 7.53. The van der Waals surface area contributed by atoms with E-state index in [1.807, 2.05) is 16.8 Å². The Morgan fingerprint density at radius 3 is 2.58 bits per heavy atom. The highest BCUT2D eigenvalue weighted by Gasteiger charge is 2.08. The van der Waals surface area contributed by atoms with Crippen LogP contribution in [0, 0.1) is 0 Å². The highest BCUT2D eigenvalue weighted by Crippen LogP contribution is 2.18. The van der Waals surface area contributed by atoms with E-state index in [0.717, 1.165) is 42.9 Å². The SMILES string of the molecule is CCC=Cc1nc(CCC)nn1Cc1ccc(Cc2cccc(-c3nn[nH]n3)c2)cc1. The Morgan fingerprint density at radius 1 is 1.00 bits per heavy atom. The first kappa shape index (κ1) is 20.7. The van der Waals surface area contributed by atoms with Crippen molar-refractivity contribution in [2.45, 2.75) is 46.1 Å². The van der Waals surface area contributed by atoms with Crippen LogP contribution in [0.1, 0.15) is 55.0 Å². The van der Waals surface area contributed by atoms with E-state index in [1.165, 1.54) is 16.7 Å². The Balaban J connectivity index is 1.47. The van der Waals surface area contributed by atoms with E-state index in [-0.39, 0.29) is 0 Å². The largest absolute Gasteiger partial charge is 0.242 e. The molecule has 0 radical (unpaired) electrons. The molecule has 158 valence electrons. The lowest BCUT2D eigenvalue weighted by molar-refractivity contribution is 0.662. The Morgan fingerprint density at radius 2 is 1.84 bits per heavy atom. The number of H-pyrrole nitrogens is 1. The van der Waals surface area contributed by atoms with Crippen molar-refractivity contribution >= 4 is 6.08 Å². The van der Waals surface area contributed by atoms with Gasteiger partial charge < -0.3 is 0 Å². The van der Waals surface area contributed by atoms with Gasteiger partial charge in [-0.25, -0.2) is 9.67 Å². The van der Waals surface area contributed by atoms with Crippen molar-refractivity contribution in [1.29, 1.82) is 0 Å². The monoisotopic (exact) mass is 413 g/mol. The maximum Gasteiger partial charge on any atom is 0.204 e. The second kappa shape index (κ2) is 9.93. The number of tetrazole rings is 1. The lowest BCUT2D eigenvalue weighted by Gasteiger charge is -2.07. The molecule has 31 heavy (non-hydrogen) atoms. The fourth-order valence-electron chi connectivity index (χ4n) is 3.47. The van der Waals surface area contributed by atoms with Gasteiger partial charge >= 0.3 is 0 Å². The van der Waals surface area contributed by atoms with E-state index in [9.17, 15) is 0 Å². The minimum absolute atomic E-state index is 0.611. The molecule has 0 fully saturated rings. The highest BCUT2D eigenvalue weighted by molar-refractivity contribution is 5.55. The molecule has 7 nitrogen and oxygen atoms in total. The van der Waals surface area contributed by atoms with E-state index >= 15 is 0 Å². The van der Waals surface area contributed by atoms with Crippen LogP contribution < -0.4 is 0 Å². The molecule has 4 rings (SSSR count). The van der Waals surface area contributed by atoms with Gasteiger partial charge in [0.15, 0.2) is 11.6 Å². The first-order valence-corrected chi connectivity index (χ1v) is 10.8. The van der Waals surface area contributed by atoms with Crippen LogP contribution in [0.4, 0.5) is 0 Å². The molecule has 2 heterocycles. The van der Waals surface area contributed by atoms with Crippen molar-refractivity contribution in [2.24, 2.45) is 0 Å². The summed E-state index contributed by atoms with van der Waals surface area (Å²) in [6.45, 7) is 4.99. The number of aromatic nitrogens is 7. The third-order valence-corrected chi connectivity index (χ3v) is 5.01. The molecule has 0 atom stereocenters. The van der Waals surface area contributed by atoms with Gasteiger partial charge in [0.05, 0.1) is 6.54 Å². The zero-order valence-corrected chi connectivity index (χ0v) is 18.0. The topological polar surface area (TPSA) is 85.2 Å². The molecule has 0 saturated carbocycles. The molecule has 0 saturated heterocycles. The van der Waals surface area contributed by atoms with Gasteiger partial charge in [-0.3, -0.25) is 0 Å². The summed E-state index contributed by atoms with van der Waals surface area (Å²) in [4.78, 5) is 4.68. The Bertz CT molecular complexity index is 1130. The van der Waals surface area contributed by atoms with Gasteiger partial charge in [0.25, 0.3) is 0 Å². The summed E-state index contributed by atoms with van der Waals surface area (Å²) in [7, 11) is 0. The third kappa shape index (κ3) is 5.31. The van der Waals surface area contributed by atoms with Crippen LogP contribution in [0.2, 0.25) is 0 Å². The van der Waals surface area contributed by atoms with E-state index in [0.29, 0.717) is 12.4 Å². The number of nitrogens with one attached hydrogen (secondary N) is 1. The first-order valence-electron chi connectivity index (χ1n) is 10.8. The molecule has 2 aromatic carbocycles. The predicted octanol–water partition coefficient (Wildman–Crippen LogP) is 4.47. The van der Waals surface area contributed by atoms with Crippen LogP contribution >= 0.6 is 0 Å². The molecule has 1 N–H and O–H groups in total. The van der Waals surface area contributed by atoms with Gasteiger partial charge in [0.1, 0.15) is 0 Å². The van der Waals surface area contributed by atoms with E-state index in [1.54, 1.807) is 0 Å². The Hall–Kier alpha value is -3.61. The molecule has 0 bridgehead atoms. The van der Waals surface area contributed by atoms with Gasteiger partial charge in [0, 0.05) is 12.0 Å². The minimum atomic E-state index is 0.611. The van der Waals surface area contributed by atoms with Crippen molar-refractivity contribution in [1.82, 2.24) is 35.4 Å². The second-order valence-electron chi connectivity index (χ2n) is 7.53.